The molecule has 60 heavy (non-hydrogen) atoms. The topological polar surface area (TPSA) is 123 Å². The lowest BCUT2D eigenvalue weighted by Gasteiger charge is -2.52. The van der Waals surface area contributed by atoms with Crippen LogP contribution in [-0.4, -0.2) is 96.4 Å². The van der Waals surface area contributed by atoms with Crippen molar-refractivity contribution in [2.24, 2.45) is 0 Å². The standard InChI is InChI=1S/C42H55Cl2F3N4O8Si/c1-40(2,3)57-33(52)22-54-37-35(50-20-29(48-49-50)23-15-27(45)34(47)28(46)16-23)36-32(21-55-42(7,8)58-36)56-38(37)39(53)51(26-18-24(43)17-25(44)19-26)30-13-11-12-14-31(30)59-60(9,10)41(4,5)6/h15-20,30-32,35-38H,11-14,21-22H2,1-10H3/t30-,31-,32+,35-,36-,37+,38+/m0/s1. The van der Waals surface area contributed by atoms with Crippen LogP contribution in [0.2, 0.25) is 28.2 Å². The number of ether oxygens (including phenoxy) is 5. The highest BCUT2D eigenvalue weighted by Gasteiger charge is 2.57. The Kier molecular flexibility index (Phi) is 13.6. The Balaban J connectivity index is 1.50. The van der Waals surface area contributed by atoms with Crippen LogP contribution in [0.3, 0.4) is 0 Å². The van der Waals surface area contributed by atoms with E-state index in [4.69, 9.17) is 51.3 Å². The molecule has 1 amide bonds. The average Bonchev–Trinajstić information content (AvgIpc) is 3.61. The Bertz CT molecular complexity index is 2020. The van der Waals surface area contributed by atoms with Crippen LogP contribution in [0, 0.1) is 17.5 Å². The van der Waals surface area contributed by atoms with Crippen LogP contribution in [0.25, 0.3) is 11.3 Å². The summed E-state index contributed by atoms with van der Waals surface area (Å²) in [5.41, 5.74) is -0.566. The zero-order valence-corrected chi connectivity index (χ0v) is 38.2. The Morgan fingerprint density at radius 3 is 2.23 bits per heavy atom. The minimum atomic E-state index is -2.38. The molecule has 0 unspecified atom stereocenters. The molecule has 3 fully saturated rings. The molecule has 2 aromatic carbocycles. The molecule has 18 heteroatoms. The number of carbonyl (C=O) groups excluding carboxylic acids is 2. The van der Waals surface area contributed by atoms with Gasteiger partial charge >= 0.3 is 5.97 Å². The molecule has 7 atom stereocenters. The van der Waals surface area contributed by atoms with Gasteiger partial charge in [-0.25, -0.2) is 22.6 Å². The third kappa shape index (κ3) is 10.4. The molecule has 3 heterocycles. The second kappa shape index (κ2) is 17.6. The van der Waals surface area contributed by atoms with Crippen molar-refractivity contribution in [1.82, 2.24) is 15.0 Å². The summed E-state index contributed by atoms with van der Waals surface area (Å²) in [7, 11) is -2.38. The van der Waals surface area contributed by atoms with Crippen LogP contribution in [0.5, 0.6) is 0 Å². The number of benzene rings is 2. The van der Waals surface area contributed by atoms with Gasteiger partial charge in [0, 0.05) is 21.3 Å². The Hall–Kier alpha value is -3.09. The zero-order chi connectivity index (χ0) is 44.1. The molecule has 0 spiro atoms. The minimum Gasteiger partial charge on any atom is -0.458 e. The number of anilines is 1. The first kappa shape index (κ1) is 46.4. The highest BCUT2D eigenvalue weighted by Crippen LogP contribution is 2.44. The number of hydrogen-bond acceptors (Lipinski definition) is 10. The minimum absolute atomic E-state index is 0.0149. The van der Waals surface area contributed by atoms with E-state index in [2.05, 4.69) is 44.2 Å². The Labute approximate surface area is 360 Å². The Morgan fingerprint density at radius 1 is 0.983 bits per heavy atom. The van der Waals surface area contributed by atoms with Gasteiger partial charge in [-0.15, -0.1) is 5.10 Å². The molecule has 3 aliphatic rings. The first-order valence-corrected chi connectivity index (χ1v) is 23.8. The maximum atomic E-state index is 15.8. The number of esters is 1. The van der Waals surface area contributed by atoms with E-state index < -0.39 is 92.1 Å². The van der Waals surface area contributed by atoms with Gasteiger partial charge in [-0.3, -0.25) is 4.79 Å². The van der Waals surface area contributed by atoms with E-state index in [1.165, 1.54) is 10.9 Å². The van der Waals surface area contributed by atoms with Gasteiger partial charge in [0.15, 0.2) is 37.7 Å². The average molecular weight is 900 g/mol. The molecule has 2 aliphatic heterocycles. The number of carbonyl (C=O) groups is 2. The van der Waals surface area contributed by atoms with Gasteiger partial charge in [0.2, 0.25) is 0 Å². The van der Waals surface area contributed by atoms with E-state index in [0.717, 1.165) is 25.0 Å². The fourth-order valence-corrected chi connectivity index (χ4v) is 9.60. The summed E-state index contributed by atoms with van der Waals surface area (Å²) in [6.07, 6.45) is -0.651. The number of amides is 1. The number of rotatable bonds is 10. The Morgan fingerprint density at radius 2 is 1.62 bits per heavy atom. The van der Waals surface area contributed by atoms with Crippen LogP contribution >= 0.6 is 23.2 Å². The second-order valence-corrected chi connectivity index (χ2v) is 24.3. The van der Waals surface area contributed by atoms with Crippen molar-refractivity contribution in [1.29, 1.82) is 0 Å². The number of hydrogen-bond donors (Lipinski definition) is 0. The normalized spacial score (nSPS) is 26.0. The smallest absolute Gasteiger partial charge is 0.332 e. The number of halogens is 5. The number of nitrogens with zero attached hydrogens (tertiary/aromatic N) is 4. The second-order valence-electron chi connectivity index (χ2n) is 18.7. The molecule has 1 aromatic heterocycles. The summed E-state index contributed by atoms with van der Waals surface area (Å²) >= 11 is 13.2. The SMILES string of the molecule is CC(C)(C)OC(=O)CO[C@@H]1[C@@H](n2cc(-c3cc(F)c(F)c(F)c3)nn2)[C@H]2OC(C)(C)OC[C@H]2O[C@H]1C(=O)N(c1cc(Cl)cc(Cl)c1)[C@H]1CCCC[C@@H]1O[Si](C)(C)C(C)(C)C. The summed E-state index contributed by atoms with van der Waals surface area (Å²) in [4.78, 5) is 30.7. The van der Waals surface area contributed by atoms with E-state index in [1.54, 1.807) is 57.7 Å². The lowest BCUT2D eigenvalue weighted by molar-refractivity contribution is -0.347. The quantitative estimate of drug-likeness (QED) is 0.111. The highest BCUT2D eigenvalue weighted by atomic mass is 35.5. The molecule has 0 bridgehead atoms. The summed E-state index contributed by atoms with van der Waals surface area (Å²) in [5.74, 6) is -6.87. The molecule has 0 radical (unpaired) electrons. The zero-order valence-electron chi connectivity index (χ0n) is 35.7. The first-order chi connectivity index (χ1) is 27.8. The van der Waals surface area contributed by atoms with Crippen molar-refractivity contribution < 1.29 is 50.9 Å². The van der Waals surface area contributed by atoms with Crippen molar-refractivity contribution in [3.8, 4) is 11.3 Å². The molecule has 3 aromatic rings. The fraction of sp³-hybridized carbons (Fsp3) is 0.619. The maximum absolute atomic E-state index is 15.8. The molecule has 330 valence electrons. The third-order valence-corrected chi connectivity index (χ3v) is 16.4. The van der Waals surface area contributed by atoms with Gasteiger partial charge in [0.25, 0.3) is 5.91 Å². The van der Waals surface area contributed by atoms with Crippen LogP contribution in [0.15, 0.2) is 36.5 Å². The largest absolute Gasteiger partial charge is 0.458 e. The molecule has 1 saturated carbocycles. The van der Waals surface area contributed by atoms with E-state index >= 15 is 4.79 Å². The predicted molar refractivity (Wildman–Crippen MR) is 222 cm³/mol. The van der Waals surface area contributed by atoms with Crippen molar-refractivity contribution in [3.63, 3.8) is 0 Å². The molecule has 0 N–H and O–H groups in total. The molecule has 6 rings (SSSR count). The molecule has 12 nitrogen and oxygen atoms in total. The van der Waals surface area contributed by atoms with Gasteiger partial charge < -0.3 is 33.0 Å². The van der Waals surface area contributed by atoms with Crippen molar-refractivity contribution in [2.75, 3.05) is 18.1 Å². The lowest BCUT2D eigenvalue weighted by Crippen LogP contribution is -2.67. The fourth-order valence-electron chi connectivity index (χ4n) is 7.70. The van der Waals surface area contributed by atoms with Gasteiger partial charge in [-0.1, -0.05) is 62.0 Å². The number of aromatic nitrogens is 3. The first-order valence-electron chi connectivity index (χ1n) is 20.2. The van der Waals surface area contributed by atoms with Crippen LogP contribution < -0.4 is 4.90 Å². The van der Waals surface area contributed by atoms with E-state index in [0.29, 0.717) is 28.6 Å². The van der Waals surface area contributed by atoms with E-state index in [-0.39, 0.29) is 29.0 Å². The van der Waals surface area contributed by atoms with Gasteiger partial charge in [-0.2, -0.15) is 0 Å². The summed E-state index contributed by atoms with van der Waals surface area (Å²) in [5, 5.41) is 8.99. The van der Waals surface area contributed by atoms with E-state index in [1.807, 2.05) is 0 Å². The summed E-state index contributed by atoms with van der Waals surface area (Å²) in [6, 6.07) is 4.92. The molecule has 1 aliphatic carbocycles. The van der Waals surface area contributed by atoms with Crippen molar-refractivity contribution in [2.45, 2.75) is 153 Å². The lowest BCUT2D eigenvalue weighted by atomic mass is 9.88. The summed E-state index contributed by atoms with van der Waals surface area (Å²) in [6.45, 7) is 18.7. The van der Waals surface area contributed by atoms with Crippen molar-refractivity contribution in [3.05, 3.63) is 64.0 Å². The van der Waals surface area contributed by atoms with Crippen LogP contribution in [-0.2, 0) is 37.7 Å². The maximum Gasteiger partial charge on any atom is 0.332 e. The molecular weight excluding hydrogens is 844 g/mol. The molecular formula is C42H55Cl2F3N4O8Si. The summed E-state index contributed by atoms with van der Waals surface area (Å²) < 4.78 is 82.6. The van der Waals surface area contributed by atoms with Gasteiger partial charge in [0.05, 0.1) is 24.9 Å². The van der Waals surface area contributed by atoms with Crippen molar-refractivity contribution >= 4 is 49.1 Å². The monoisotopic (exact) mass is 898 g/mol. The van der Waals surface area contributed by atoms with Crippen LogP contribution in [0.1, 0.15) is 87.1 Å². The number of fused-ring (bicyclic) bond motifs is 1. The van der Waals surface area contributed by atoms with Crippen LogP contribution in [0.4, 0.5) is 18.9 Å². The predicted octanol–water partition coefficient (Wildman–Crippen LogP) is 9.22. The van der Waals surface area contributed by atoms with Gasteiger partial charge in [0.1, 0.15) is 42.3 Å². The van der Waals surface area contributed by atoms with Gasteiger partial charge in [-0.05, 0) is 95.9 Å². The van der Waals surface area contributed by atoms with E-state index in [9.17, 15) is 18.0 Å². The highest BCUT2D eigenvalue weighted by molar-refractivity contribution is 6.74. The molecule has 2 saturated heterocycles. The third-order valence-electron chi connectivity index (χ3n) is 11.4.